The molecule has 3 rings (SSSR count). The van der Waals surface area contributed by atoms with Gasteiger partial charge in [0.25, 0.3) is 0 Å². The number of nitrogens with zero attached hydrogens (tertiary/aromatic N) is 1. The highest BCUT2D eigenvalue weighted by atomic mass is 16.5. The van der Waals surface area contributed by atoms with Gasteiger partial charge in [-0.05, 0) is 62.0 Å². The number of benzene rings is 2. The third kappa shape index (κ3) is 4.04. The Kier molecular flexibility index (Phi) is 5.31. The topological polar surface area (TPSA) is 29.5 Å². The molecule has 3 nitrogen and oxygen atoms in total. The van der Waals surface area contributed by atoms with Crippen LogP contribution in [-0.2, 0) is 6.54 Å². The van der Waals surface area contributed by atoms with E-state index in [1.54, 1.807) is 14.0 Å². The molecule has 24 heavy (non-hydrogen) atoms. The molecule has 0 amide bonds. The Morgan fingerprint density at radius 3 is 2.46 bits per heavy atom. The van der Waals surface area contributed by atoms with Crippen molar-refractivity contribution in [1.82, 2.24) is 4.90 Å². The van der Waals surface area contributed by atoms with Gasteiger partial charge in [-0.3, -0.25) is 9.69 Å². The van der Waals surface area contributed by atoms with E-state index in [2.05, 4.69) is 35.2 Å². The summed E-state index contributed by atoms with van der Waals surface area (Å²) in [5.74, 6) is 1.66. The predicted octanol–water partition coefficient (Wildman–Crippen LogP) is 4.28. The van der Waals surface area contributed by atoms with E-state index < -0.39 is 0 Å². The molecule has 1 heterocycles. The van der Waals surface area contributed by atoms with Crippen molar-refractivity contribution in [3.05, 3.63) is 65.2 Å². The first-order valence-corrected chi connectivity index (χ1v) is 8.62. The molecule has 3 heteroatoms. The quantitative estimate of drug-likeness (QED) is 0.769. The van der Waals surface area contributed by atoms with Gasteiger partial charge < -0.3 is 4.74 Å². The highest BCUT2D eigenvalue weighted by Gasteiger charge is 2.20. The van der Waals surface area contributed by atoms with Crippen molar-refractivity contribution in [3.8, 4) is 5.75 Å². The lowest BCUT2D eigenvalue weighted by Crippen LogP contribution is -2.32. The van der Waals surface area contributed by atoms with Gasteiger partial charge in [0, 0.05) is 12.1 Å². The fourth-order valence-corrected chi connectivity index (χ4v) is 3.44. The maximum Gasteiger partial charge on any atom is 0.159 e. The van der Waals surface area contributed by atoms with Crippen LogP contribution in [0.15, 0.2) is 48.5 Å². The second kappa shape index (κ2) is 7.63. The summed E-state index contributed by atoms with van der Waals surface area (Å²) in [5, 5.41) is 0. The van der Waals surface area contributed by atoms with Crippen molar-refractivity contribution in [1.29, 1.82) is 0 Å². The van der Waals surface area contributed by atoms with Gasteiger partial charge >= 0.3 is 0 Å². The first-order chi connectivity index (χ1) is 11.7. The summed E-state index contributed by atoms with van der Waals surface area (Å²) in [6.45, 7) is 4.81. The summed E-state index contributed by atoms with van der Waals surface area (Å²) in [6.07, 6.45) is 2.34. The first kappa shape index (κ1) is 16.7. The van der Waals surface area contributed by atoms with Crippen LogP contribution in [0, 0.1) is 0 Å². The molecule has 0 unspecified atom stereocenters. The van der Waals surface area contributed by atoms with E-state index in [0.29, 0.717) is 5.92 Å². The summed E-state index contributed by atoms with van der Waals surface area (Å²) in [5.41, 5.74) is 3.47. The summed E-state index contributed by atoms with van der Waals surface area (Å²) < 4.78 is 5.30. The number of carbonyl (C=O) groups is 1. The van der Waals surface area contributed by atoms with E-state index in [0.717, 1.165) is 30.9 Å². The van der Waals surface area contributed by atoms with E-state index in [9.17, 15) is 4.79 Å². The zero-order chi connectivity index (χ0) is 16.9. The molecular formula is C21H25NO2. The molecule has 0 radical (unpaired) electrons. The van der Waals surface area contributed by atoms with Gasteiger partial charge in [-0.2, -0.15) is 0 Å². The number of carbonyl (C=O) groups excluding carboxylic acids is 1. The zero-order valence-corrected chi connectivity index (χ0v) is 14.5. The van der Waals surface area contributed by atoms with Gasteiger partial charge in [0.15, 0.2) is 5.78 Å². The molecule has 1 aliphatic rings. The maximum atomic E-state index is 11.4. The first-order valence-electron chi connectivity index (χ1n) is 8.62. The lowest BCUT2D eigenvalue weighted by atomic mass is 9.88. The minimum absolute atomic E-state index is 0.134. The molecule has 126 valence electrons. The number of ketones is 1. The van der Waals surface area contributed by atoms with Gasteiger partial charge in [-0.25, -0.2) is 0 Å². The predicted molar refractivity (Wildman–Crippen MR) is 96.7 cm³/mol. The summed E-state index contributed by atoms with van der Waals surface area (Å²) >= 11 is 0. The summed E-state index contributed by atoms with van der Waals surface area (Å²) in [7, 11) is 1.71. The average Bonchev–Trinajstić information content (AvgIpc) is 2.62. The van der Waals surface area contributed by atoms with Crippen molar-refractivity contribution >= 4 is 5.78 Å². The smallest absolute Gasteiger partial charge is 0.159 e. The molecule has 0 atom stereocenters. The maximum absolute atomic E-state index is 11.4. The van der Waals surface area contributed by atoms with Crippen LogP contribution >= 0.6 is 0 Å². The number of likely N-dealkylation sites (tertiary alicyclic amines) is 1. The molecule has 0 aliphatic carbocycles. The zero-order valence-electron chi connectivity index (χ0n) is 14.5. The number of methoxy groups -OCH3 is 1. The monoisotopic (exact) mass is 323 g/mol. The molecule has 0 N–H and O–H groups in total. The Morgan fingerprint density at radius 2 is 1.83 bits per heavy atom. The van der Waals surface area contributed by atoms with Gasteiger partial charge in [0.2, 0.25) is 0 Å². The standard InChI is InChI=1S/C21H25NO2/c1-16(23)18-6-8-19(9-7-18)20-10-12-22(13-11-20)15-17-4-3-5-21(14-17)24-2/h3-9,14,20H,10-13,15H2,1-2H3. The van der Waals surface area contributed by atoms with E-state index in [4.69, 9.17) is 4.74 Å². The molecule has 0 bridgehead atoms. The lowest BCUT2D eigenvalue weighted by molar-refractivity contribution is 0.101. The van der Waals surface area contributed by atoms with Gasteiger partial charge in [-0.1, -0.05) is 36.4 Å². The minimum Gasteiger partial charge on any atom is -0.497 e. The van der Waals surface area contributed by atoms with Crippen LogP contribution in [0.3, 0.4) is 0 Å². The van der Waals surface area contributed by atoms with Crippen LogP contribution in [0.1, 0.15) is 47.2 Å². The molecule has 0 spiro atoms. The third-order valence-corrected chi connectivity index (χ3v) is 4.92. The van der Waals surface area contributed by atoms with Crippen molar-refractivity contribution in [2.24, 2.45) is 0 Å². The van der Waals surface area contributed by atoms with Crippen LogP contribution < -0.4 is 4.74 Å². The van der Waals surface area contributed by atoms with Crippen LogP contribution in [0.25, 0.3) is 0 Å². The molecule has 0 aromatic heterocycles. The molecule has 1 saturated heterocycles. The van der Waals surface area contributed by atoms with E-state index >= 15 is 0 Å². The minimum atomic E-state index is 0.134. The number of rotatable bonds is 5. The van der Waals surface area contributed by atoms with Gasteiger partial charge in [0.05, 0.1) is 7.11 Å². The fraction of sp³-hybridized carbons (Fsp3) is 0.381. The highest BCUT2D eigenvalue weighted by Crippen LogP contribution is 2.29. The Labute approximate surface area is 144 Å². The normalized spacial score (nSPS) is 16.1. The van der Waals surface area contributed by atoms with Crippen molar-refractivity contribution in [2.75, 3.05) is 20.2 Å². The average molecular weight is 323 g/mol. The lowest BCUT2D eigenvalue weighted by Gasteiger charge is -2.32. The summed E-state index contributed by atoms with van der Waals surface area (Å²) in [6, 6.07) is 16.5. The molecule has 1 aliphatic heterocycles. The number of ether oxygens (including phenoxy) is 1. The Bertz CT molecular complexity index is 685. The van der Waals surface area contributed by atoms with E-state index in [1.165, 1.54) is 24.0 Å². The Morgan fingerprint density at radius 1 is 1.12 bits per heavy atom. The number of piperidine rings is 1. The van der Waals surface area contributed by atoms with Crippen LogP contribution in [0.2, 0.25) is 0 Å². The SMILES string of the molecule is COc1cccc(CN2CCC(c3ccc(C(C)=O)cc3)CC2)c1. The fourth-order valence-electron chi connectivity index (χ4n) is 3.44. The second-order valence-corrected chi connectivity index (χ2v) is 6.58. The van der Waals surface area contributed by atoms with Crippen LogP contribution in [0.4, 0.5) is 0 Å². The highest BCUT2D eigenvalue weighted by molar-refractivity contribution is 5.94. The molecule has 2 aromatic rings. The van der Waals surface area contributed by atoms with E-state index in [-0.39, 0.29) is 5.78 Å². The number of Topliss-reactive ketones (excluding diaryl/α,β-unsaturated/α-hetero) is 1. The Balaban J connectivity index is 1.56. The molecule has 1 fully saturated rings. The van der Waals surface area contributed by atoms with Crippen molar-refractivity contribution in [3.63, 3.8) is 0 Å². The molecular weight excluding hydrogens is 298 g/mol. The van der Waals surface area contributed by atoms with Gasteiger partial charge in [0.1, 0.15) is 5.75 Å². The van der Waals surface area contributed by atoms with Crippen molar-refractivity contribution in [2.45, 2.75) is 32.2 Å². The number of hydrogen-bond acceptors (Lipinski definition) is 3. The second-order valence-electron chi connectivity index (χ2n) is 6.58. The molecule has 0 saturated carbocycles. The van der Waals surface area contributed by atoms with E-state index in [1.807, 2.05) is 18.2 Å². The van der Waals surface area contributed by atoms with Gasteiger partial charge in [-0.15, -0.1) is 0 Å². The van der Waals surface area contributed by atoms with Crippen LogP contribution in [-0.4, -0.2) is 30.9 Å². The molecule has 2 aromatic carbocycles. The van der Waals surface area contributed by atoms with Crippen molar-refractivity contribution < 1.29 is 9.53 Å². The largest absolute Gasteiger partial charge is 0.497 e. The number of hydrogen-bond donors (Lipinski definition) is 0. The van der Waals surface area contributed by atoms with Crippen LogP contribution in [0.5, 0.6) is 5.75 Å². The Hall–Kier alpha value is -2.13. The summed E-state index contributed by atoms with van der Waals surface area (Å²) in [4.78, 5) is 13.9. The third-order valence-electron chi connectivity index (χ3n) is 4.92.